The molecule has 0 unspecified atom stereocenters. The molecular weight excluding hydrogens is 362 g/mol. The van der Waals surface area contributed by atoms with Gasteiger partial charge in [0.25, 0.3) is 0 Å². The Morgan fingerprint density at radius 1 is 1.22 bits per heavy atom. The number of para-hydroxylation sites is 1. The molecule has 1 aromatic carbocycles. The lowest BCUT2D eigenvalue weighted by Gasteiger charge is -2.10. The molecule has 0 spiro atoms. The van der Waals surface area contributed by atoms with Gasteiger partial charge >= 0.3 is 0 Å². The second kappa shape index (κ2) is 6.17. The van der Waals surface area contributed by atoms with Crippen LogP contribution in [-0.4, -0.2) is 4.98 Å². The van der Waals surface area contributed by atoms with Gasteiger partial charge in [-0.25, -0.2) is 0 Å². The van der Waals surface area contributed by atoms with E-state index in [1.807, 2.05) is 24.3 Å². The number of hydrogen-bond donors (Lipinski definition) is 2. The molecule has 94 valence electrons. The van der Waals surface area contributed by atoms with E-state index in [0.717, 1.165) is 26.1 Å². The predicted octanol–water partition coefficient (Wildman–Crippen LogP) is 3.47. The summed E-state index contributed by atoms with van der Waals surface area (Å²) in [4.78, 5) is 4.21. The van der Waals surface area contributed by atoms with Crippen LogP contribution in [0.4, 0.5) is 5.69 Å². The number of hydrogen-bond acceptors (Lipinski definition) is 4. The number of nitrogens with one attached hydrogen (secondary N) is 1. The Morgan fingerprint density at radius 3 is 2.61 bits per heavy atom. The summed E-state index contributed by atoms with van der Waals surface area (Å²) in [5, 5.41) is 0. The van der Waals surface area contributed by atoms with Gasteiger partial charge in [0.1, 0.15) is 12.4 Å². The van der Waals surface area contributed by atoms with Crippen molar-refractivity contribution in [3.05, 3.63) is 51.2 Å². The maximum absolute atomic E-state index is 5.73. The van der Waals surface area contributed by atoms with Crippen LogP contribution in [0.1, 0.15) is 5.69 Å². The molecule has 2 rings (SSSR count). The van der Waals surface area contributed by atoms with Crippen molar-refractivity contribution >= 4 is 37.5 Å². The number of nitrogens with two attached hydrogens (primary N) is 1. The first kappa shape index (κ1) is 13.3. The highest BCUT2D eigenvalue weighted by molar-refractivity contribution is 9.11. The highest BCUT2D eigenvalue weighted by Gasteiger charge is 2.06. The smallest absolute Gasteiger partial charge is 0.148 e. The normalized spacial score (nSPS) is 10.2. The predicted molar refractivity (Wildman–Crippen MR) is 78.2 cm³/mol. The molecule has 3 N–H and O–H groups in total. The molecule has 4 nitrogen and oxygen atoms in total. The highest BCUT2D eigenvalue weighted by atomic mass is 79.9. The van der Waals surface area contributed by atoms with Crippen LogP contribution < -0.4 is 16.0 Å². The zero-order valence-corrected chi connectivity index (χ0v) is 12.5. The Labute approximate surface area is 122 Å². The molecular formula is C12H11Br2N3O. The van der Waals surface area contributed by atoms with Crippen LogP contribution in [0.3, 0.4) is 0 Å². The lowest BCUT2D eigenvalue weighted by molar-refractivity contribution is 0.297. The molecule has 0 amide bonds. The topological polar surface area (TPSA) is 60.2 Å². The molecule has 0 bridgehead atoms. The fourth-order valence-electron chi connectivity index (χ4n) is 1.41. The molecule has 0 radical (unpaired) electrons. The van der Waals surface area contributed by atoms with Crippen molar-refractivity contribution in [2.75, 3.05) is 5.43 Å². The zero-order chi connectivity index (χ0) is 13.0. The van der Waals surface area contributed by atoms with Crippen molar-refractivity contribution in [3.63, 3.8) is 0 Å². The highest BCUT2D eigenvalue weighted by Crippen LogP contribution is 2.33. The summed E-state index contributed by atoms with van der Waals surface area (Å²) < 4.78 is 7.52. The molecule has 0 saturated heterocycles. The van der Waals surface area contributed by atoms with Gasteiger partial charge in [-0.2, -0.15) is 0 Å². The van der Waals surface area contributed by atoms with E-state index in [2.05, 4.69) is 42.3 Å². The summed E-state index contributed by atoms with van der Waals surface area (Å²) in [5.41, 5.74) is 4.17. The average molecular weight is 373 g/mol. The van der Waals surface area contributed by atoms with Crippen LogP contribution in [0.5, 0.6) is 5.75 Å². The molecule has 1 heterocycles. The van der Waals surface area contributed by atoms with Crippen LogP contribution in [0, 0.1) is 0 Å². The number of rotatable bonds is 4. The molecule has 6 heteroatoms. The minimum Gasteiger partial charge on any atom is -0.485 e. The van der Waals surface area contributed by atoms with Gasteiger partial charge in [0.2, 0.25) is 0 Å². The molecule has 0 saturated carbocycles. The number of pyridine rings is 1. The molecule has 0 aliphatic carbocycles. The van der Waals surface area contributed by atoms with Crippen molar-refractivity contribution in [2.24, 2.45) is 5.84 Å². The SMILES string of the molecule is NNc1ccnc(COc2c(Br)cccc2Br)c1. The lowest BCUT2D eigenvalue weighted by Crippen LogP contribution is -2.08. The van der Waals surface area contributed by atoms with E-state index < -0.39 is 0 Å². The third-order valence-electron chi connectivity index (χ3n) is 2.27. The molecule has 2 aromatic rings. The van der Waals surface area contributed by atoms with Gasteiger partial charge < -0.3 is 10.2 Å². The van der Waals surface area contributed by atoms with E-state index in [0.29, 0.717) is 6.61 Å². The summed E-state index contributed by atoms with van der Waals surface area (Å²) >= 11 is 6.88. The fraction of sp³-hybridized carbons (Fsp3) is 0.0833. The first-order valence-corrected chi connectivity index (χ1v) is 6.77. The van der Waals surface area contributed by atoms with E-state index in [9.17, 15) is 0 Å². The largest absolute Gasteiger partial charge is 0.485 e. The van der Waals surface area contributed by atoms with E-state index in [-0.39, 0.29) is 0 Å². The van der Waals surface area contributed by atoms with E-state index >= 15 is 0 Å². The third kappa shape index (κ3) is 3.22. The standard InChI is InChI=1S/C12H11Br2N3O/c13-10-2-1-3-11(14)12(10)18-7-9-6-8(17-15)4-5-16-9/h1-6H,7,15H2,(H,16,17). The Hall–Kier alpha value is -1.11. The Kier molecular flexibility index (Phi) is 4.57. The van der Waals surface area contributed by atoms with Crippen LogP contribution in [0.15, 0.2) is 45.5 Å². The maximum Gasteiger partial charge on any atom is 0.148 e. The lowest BCUT2D eigenvalue weighted by atomic mass is 10.3. The van der Waals surface area contributed by atoms with Gasteiger partial charge in [-0.05, 0) is 56.1 Å². The fourth-order valence-corrected chi connectivity index (χ4v) is 2.64. The van der Waals surface area contributed by atoms with Gasteiger partial charge in [-0.1, -0.05) is 6.07 Å². The van der Waals surface area contributed by atoms with E-state index in [1.165, 1.54) is 0 Å². The summed E-state index contributed by atoms with van der Waals surface area (Å²) in [6.07, 6.45) is 1.68. The second-order valence-corrected chi connectivity index (χ2v) is 5.23. The quantitative estimate of drug-likeness (QED) is 0.637. The number of nitrogen functional groups attached to an aromatic ring is 1. The van der Waals surface area contributed by atoms with Gasteiger partial charge in [0, 0.05) is 6.20 Å². The van der Waals surface area contributed by atoms with Crippen LogP contribution in [0.25, 0.3) is 0 Å². The zero-order valence-electron chi connectivity index (χ0n) is 9.36. The molecule has 1 aromatic heterocycles. The molecule has 0 fully saturated rings. The van der Waals surface area contributed by atoms with Crippen molar-refractivity contribution in [1.29, 1.82) is 0 Å². The van der Waals surface area contributed by atoms with Crippen LogP contribution in [-0.2, 0) is 6.61 Å². The van der Waals surface area contributed by atoms with Gasteiger partial charge in [0.05, 0.1) is 20.3 Å². The van der Waals surface area contributed by atoms with Gasteiger partial charge in [-0.15, -0.1) is 0 Å². The summed E-state index contributed by atoms with van der Waals surface area (Å²) in [6.45, 7) is 0.372. The van der Waals surface area contributed by atoms with Crippen LogP contribution in [0.2, 0.25) is 0 Å². The summed E-state index contributed by atoms with van der Waals surface area (Å²) in [6, 6.07) is 9.40. The summed E-state index contributed by atoms with van der Waals surface area (Å²) in [7, 11) is 0. The minimum atomic E-state index is 0.372. The molecule has 0 aliphatic rings. The first-order valence-electron chi connectivity index (χ1n) is 5.19. The summed E-state index contributed by atoms with van der Waals surface area (Å²) in [5.74, 6) is 6.10. The molecule has 0 aliphatic heterocycles. The van der Waals surface area contributed by atoms with E-state index in [4.69, 9.17) is 10.6 Å². The Morgan fingerprint density at radius 2 is 1.94 bits per heavy atom. The monoisotopic (exact) mass is 371 g/mol. The Balaban J connectivity index is 2.11. The Bertz CT molecular complexity index is 528. The van der Waals surface area contributed by atoms with Crippen molar-refractivity contribution in [1.82, 2.24) is 4.98 Å². The third-order valence-corrected chi connectivity index (χ3v) is 3.52. The number of ether oxygens (including phenoxy) is 1. The number of nitrogens with zero attached hydrogens (tertiary/aromatic N) is 1. The number of halogens is 2. The van der Waals surface area contributed by atoms with Crippen LogP contribution >= 0.6 is 31.9 Å². The van der Waals surface area contributed by atoms with E-state index in [1.54, 1.807) is 12.3 Å². The first-order chi connectivity index (χ1) is 8.70. The number of aromatic nitrogens is 1. The van der Waals surface area contributed by atoms with Crippen molar-refractivity contribution < 1.29 is 4.74 Å². The minimum absolute atomic E-state index is 0.372. The number of anilines is 1. The second-order valence-electron chi connectivity index (χ2n) is 3.52. The van der Waals surface area contributed by atoms with Crippen molar-refractivity contribution in [2.45, 2.75) is 6.61 Å². The number of benzene rings is 1. The van der Waals surface area contributed by atoms with Gasteiger partial charge in [0.15, 0.2) is 0 Å². The van der Waals surface area contributed by atoms with Crippen molar-refractivity contribution in [3.8, 4) is 5.75 Å². The molecule has 0 atom stereocenters. The van der Waals surface area contributed by atoms with Gasteiger partial charge in [-0.3, -0.25) is 10.8 Å². The number of hydrazine groups is 1. The maximum atomic E-state index is 5.73. The average Bonchev–Trinajstić information content (AvgIpc) is 2.38. The molecule has 18 heavy (non-hydrogen) atoms.